The fraction of sp³-hybridized carbons (Fsp3) is 1.00. The summed E-state index contributed by atoms with van der Waals surface area (Å²) in [5.41, 5.74) is 0. The van der Waals surface area contributed by atoms with E-state index in [1.54, 1.807) is 18.9 Å². The van der Waals surface area contributed by atoms with Gasteiger partial charge in [0.25, 0.3) is 0 Å². The molecule has 2 N–H and O–H groups in total. The molecule has 0 rings (SSSR count). The molecule has 4 heteroatoms. The van der Waals surface area contributed by atoms with Crippen LogP contribution in [0.25, 0.3) is 0 Å². The van der Waals surface area contributed by atoms with E-state index in [2.05, 4.69) is 6.92 Å². The molecule has 0 saturated heterocycles. The summed E-state index contributed by atoms with van der Waals surface area (Å²) in [7, 11) is 1.74. The van der Waals surface area contributed by atoms with E-state index < -0.39 is 6.10 Å². The Bertz CT molecular complexity index is 122. The largest absolute Gasteiger partial charge is 0.394 e. The minimum Gasteiger partial charge on any atom is -0.394 e. The molecule has 0 bridgehead atoms. The molecule has 0 aliphatic heterocycles. The van der Waals surface area contributed by atoms with Crippen LogP contribution in [0.15, 0.2) is 0 Å². The molecule has 0 radical (unpaired) electrons. The van der Waals surface area contributed by atoms with Gasteiger partial charge < -0.3 is 14.9 Å². The van der Waals surface area contributed by atoms with Crippen LogP contribution in [0.5, 0.6) is 0 Å². The standard InChI is InChI=1S/C10H22O3S/c1-3-4-10(13-2)5-6-14-8-9(12)7-11/h9-12H,3-8H2,1-2H3. The summed E-state index contributed by atoms with van der Waals surface area (Å²) in [4.78, 5) is 0. The second-order valence-electron chi connectivity index (χ2n) is 3.35. The molecule has 0 heterocycles. The first-order valence-corrected chi connectivity index (χ1v) is 6.29. The van der Waals surface area contributed by atoms with Crippen molar-refractivity contribution in [3.8, 4) is 0 Å². The van der Waals surface area contributed by atoms with Gasteiger partial charge in [0.05, 0.1) is 18.8 Å². The Balaban J connectivity index is 3.32. The smallest absolute Gasteiger partial charge is 0.0861 e. The number of methoxy groups -OCH3 is 1. The summed E-state index contributed by atoms with van der Waals surface area (Å²) < 4.78 is 5.30. The van der Waals surface area contributed by atoms with Gasteiger partial charge in [-0.15, -0.1) is 0 Å². The van der Waals surface area contributed by atoms with E-state index in [0.29, 0.717) is 11.9 Å². The fourth-order valence-corrected chi connectivity index (χ4v) is 2.16. The highest BCUT2D eigenvalue weighted by Gasteiger charge is 2.06. The number of hydrogen-bond donors (Lipinski definition) is 2. The van der Waals surface area contributed by atoms with Gasteiger partial charge in [-0.25, -0.2) is 0 Å². The number of thioether (sulfide) groups is 1. The van der Waals surface area contributed by atoms with Crippen molar-refractivity contribution < 1.29 is 14.9 Å². The highest BCUT2D eigenvalue weighted by molar-refractivity contribution is 7.99. The highest BCUT2D eigenvalue weighted by atomic mass is 32.2. The normalized spacial score (nSPS) is 15.4. The minimum atomic E-state index is -0.577. The van der Waals surface area contributed by atoms with Crippen LogP contribution in [0, 0.1) is 0 Å². The van der Waals surface area contributed by atoms with Crippen molar-refractivity contribution in [3.63, 3.8) is 0 Å². The maximum Gasteiger partial charge on any atom is 0.0861 e. The zero-order valence-electron chi connectivity index (χ0n) is 9.11. The molecule has 86 valence electrons. The Hall–Kier alpha value is 0.230. The molecule has 2 atom stereocenters. The topological polar surface area (TPSA) is 49.7 Å². The van der Waals surface area contributed by atoms with Crippen LogP contribution < -0.4 is 0 Å². The van der Waals surface area contributed by atoms with Crippen molar-refractivity contribution >= 4 is 11.8 Å². The predicted octanol–water partition coefficient (Wildman–Crippen LogP) is 1.28. The second kappa shape index (κ2) is 9.77. The van der Waals surface area contributed by atoms with E-state index in [9.17, 15) is 0 Å². The minimum absolute atomic E-state index is 0.143. The van der Waals surface area contributed by atoms with Crippen LogP contribution in [0.4, 0.5) is 0 Å². The van der Waals surface area contributed by atoms with Gasteiger partial charge in [-0.05, 0) is 18.6 Å². The first-order valence-electron chi connectivity index (χ1n) is 5.14. The molecule has 0 aromatic heterocycles. The zero-order valence-corrected chi connectivity index (χ0v) is 9.92. The molecule has 14 heavy (non-hydrogen) atoms. The lowest BCUT2D eigenvalue weighted by molar-refractivity contribution is 0.0923. The summed E-state index contributed by atoms with van der Waals surface area (Å²) in [6, 6.07) is 0. The molecule has 0 spiro atoms. The third-order valence-electron chi connectivity index (χ3n) is 2.05. The Labute approximate surface area is 90.8 Å². The third-order valence-corrected chi connectivity index (χ3v) is 3.19. The Morgan fingerprint density at radius 3 is 2.57 bits per heavy atom. The fourth-order valence-electron chi connectivity index (χ4n) is 1.19. The summed E-state index contributed by atoms with van der Waals surface area (Å²) in [5.74, 6) is 1.59. The molecule has 0 aromatic carbocycles. The molecule has 0 aromatic rings. The van der Waals surface area contributed by atoms with E-state index in [4.69, 9.17) is 14.9 Å². The van der Waals surface area contributed by atoms with Crippen molar-refractivity contribution in [1.29, 1.82) is 0 Å². The molecular formula is C10H22O3S. The van der Waals surface area contributed by atoms with E-state index >= 15 is 0 Å². The quantitative estimate of drug-likeness (QED) is 0.577. The van der Waals surface area contributed by atoms with E-state index in [0.717, 1.165) is 25.0 Å². The van der Waals surface area contributed by atoms with Gasteiger partial charge in [0.2, 0.25) is 0 Å². The zero-order chi connectivity index (χ0) is 10.8. The number of aliphatic hydroxyl groups excluding tert-OH is 2. The van der Waals surface area contributed by atoms with Crippen LogP contribution in [0.1, 0.15) is 26.2 Å². The van der Waals surface area contributed by atoms with E-state index in [-0.39, 0.29) is 6.61 Å². The van der Waals surface area contributed by atoms with Crippen LogP contribution in [-0.2, 0) is 4.74 Å². The van der Waals surface area contributed by atoms with Crippen LogP contribution >= 0.6 is 11.8 Å². The lowest BCUT2D eigenvalue weighted by Gasteiger charge is -2.14. The van der Waals surface area contributed by atoms with Gasteiger partial charge in [-0.2, -0.15) is 11.8 Å². The molecular weight excluding hydrogens is 200 g/mol. The monoisotopic (exact) mass is 222 g/mol. The predicted molar refractivity (Wildman–Crippen MR) is 60.7 cm³/mol. The van der Waals surface area contributed by atoms with Gasteiger partial charge >= 0.3 is 0 Å². The van der Waals surface area contributed by atoms with E-state index in [1.165, 1.54) is 0 Å². The third kappa shape index (κ3) is 7.62. The van der Waals surface area contributed by atoms with Crippen molar-refractivity contribution in [3.05, 3.63) is 0 Å². The first-order chi connectivity index (χ1) is 6.74. The Morgan fingerprint density at radius 1 is 1.36 bits per heavy atom. The van der Waals surface area contributed by atoms with Crippen molar-refractivity contribution in [2.24, 2.45) is 0 Å². The van der Waals surface area contributed by atoms with Gasteiger partial charge in [-0.1, -0.05) is 13.3 Å². The summed E-state index contributed by atoms with van der Waals surface area (Å²) in [5, 5.41) is 17.7. The molecule has 0 amide bonds. The van der Waals surface area contributed by atoms with Crippen LogP contribution in [-0.4, -0.2) is 47.6 Å². The summed E-state index contributed by atoms with van der Waals surface area (Å²) >= 11 is 1.67. The van der Waals surface area contributed by atoms with E-state index in [1.807, 2.05) is 0 Å². The molecule has 0 fully saturated rings. The molecule has 3 nitrogen and oxygen atoms in total. The lowest BCUT2D eigenvalue weighted by atomic mass is 10.2. The van der Waals surface area contributed by atoms with Crippen molar-refractivity contribution in [2.45, 2.75) is 38.4 Å². The molecule has 0 saturated carbocycles. The first kappa shape index (κ1) is 14.2. The lowest BCUT2D eigenvalue weighted by Crippen LogP contribution is -2.16. The van der Waals surface area contributed by atoms with Gasteiger partial charge in [-0.3, -0.25) is 0 Å². The van der Waals surface area contributed by atoms with Crippen molar-refractivity contribution in [2.75, 3.05) is 25.2 Å². The average molecular weight is 222 g/mol. The van der Waals surface area contributed by atoms with Gasteiger partial charge in [0, 0.05) is 12.9 Å². The SMILES string of the molecule is CCCC(CCSCC(O)CO)OC. The van der Waals surface area contributed by atoms with Crippen LogP contribution in [0.3, 0.4) is 0 Å². The number of hydrogen-bond acceptors (Lipinski definition) is 4. The maximum atomic E-state index is 9.08. The Kier molecular flexibility index (Phi) is 9.93. The number of ether oxygens (including phenoxy) is 1. The molecule has 0 aliphatic rings. The summed E-state index contributed by atoms with van der Waals surface area (Å²) in [6.45, 7) is 2.00. The molecule has 2 unspecified atom stereocenters. The maximum absolute atomic E-state index is 9.08. The van der Waals surface area contributed by atoms with Crippen molar-refractivity contribution in [1.82, 2.24) is 0 Å². The highest BCUT2D eigenvalue weighted by Crippen LogP contribution is 2.11. The van der Waals surface area contributed by atoms with Gasteiger partial charge in [0.15, 0.2) is 0 Å². The van der Waals surface area contributed by atoms with Crippen LogP contribution in [0.2, 0.25) is 0 Å². The average Bonchev–Trinajstić information content (AvgIpc) is 2.22. The Morgan fingerprint density at radius 2 is 2.07 bits per heavy atom. The summed E-state index contributed by atoms with van der Waals surface area (Å²) in [6.07, 6.45) is 3.03. The second-order valence-corrected chi connectivity index (χ2v) is 4.50. The number of rotatable bonds is 9. The molecule has 0 aliphatic carbocycles. The van der Waals surface area contributed by atoms with Gasteiger partial charge in [0.1, 0.15) is 0 Å². The number of aliphatic hydroxyl groups is 2.